The highest BCUT2D eigenvalue weighted by Gasteiger charge is 2.23. The van der Waals surface area contributed by atoms with E-state index in [4.69, 9.17) is 20.7 Å². The van der Waals surface area contributed by atoms with E-state index in [-0.39, 0.29) is 13.0 Å². The van der Waals surface area contributed by atoms with E-state index < -0.39 is 30.6 Å². The third-order valence-electron chi connectivity index (χ3n) is 3.49. The highest BCUT2D eigenvalue weighted by atomic mass is 18.2. The van der Waals surface area contributed by atoms with Gasteiger partial charge in [0, 0.05) is 0 Å². The normalized spacial score (nSPS) is 13.3. The number of aliphatic carboxylic acids is 2. The van der Waals surface area contributed by atoms with Crippen LogP contribution >= 0.6 is 0 Å². The van der Waals surface area contributed by atoms with Crippen LogP contribution in [0.25, 0.3) is 0 Å². The van der Waals surface area contributed by atoms with Gasteiger partial charge in [0.1, 0.15) is 25.1 Å². The summed E-state index contributed by atoms with van der Waals surface area (Å²) in [5.41, 5.74) is 6.40. The summed E-state index contributed by atoms with van der Waals surface area (Å²) in [6, 6.07) is 5.99. The van der Waals surface area contributed by atoms with Crippen molar-refractivity contribution in [3.05, 3.63) is 29.8 Å². The molecule has 4 N–H and O–H groups in total. The molecular weight excluding hydrogens is 304 g/mol. The number of aryl methyl sites for hydroxylation is 1. The van der Waals surface area contributed by atoms with E-state index in [1.807, 2.05) is 12.1 Å². The molecule has 1 rings (SSSR count). The Balaban J connectivity index is 2.43. The fourth-order valence-electron chi connectivity index (χ4n) is 2.21. The molecule has 1 aromatic carbocycles. The Morgan fingerprint density at radius 2 is 1.83 bits per heavy atom. The minimum absolute atomic E-state index is 0.0173. The first-order valence-electron chi connectivity index (χ1n) is 7.43. The summed E-state index contributed by atoms with van der Waals surface area (Å²) in [7, 11) is 0. The van der Waals surface area contributed by atoms with Gasteiger partial charge in [-0.15, -0.1) is 0 Å². The van der Waals surface area contributed by atoms with E-state index >= 15 is 0 Å². The monoisotopic (exact) mass is 326 g/mol. The van der Waals surface area contributed by atoms with E-state index in [1.165, 1.54) is 0 Å². The van der Waals surface area contributed by atoms with Gasteiger partial charge >= 0.3 is 11.9 Å². The molecule has 0 saturated heterocycles. The van der Waals surface area contributed by atoms with Crippen molar-refractivity contribution in [3.63, 3.8) is 0 Å². The second-order valence-electron chi connectivity index (χ2n) is 5.29. The zero-order chi connectivity index (χ0) is 17.2. The van der Waals surface area contributed by atoms with Crippen LogP contribution in [0.1, 0.15) is 24.8 Å². The lowest BCUT2D eigenvalue weighted by molar-refractivity contribution is -0.143. The lowest BCUT2D eigenvalue weighted by Gasteiger charge is -2.14. The van der Waals surface area contributed by atoms with Crippen molar-refractivity contribution in [2.45, 2.75) is 31.7 Å². The van der Waals surface area contributed by atoms with Crippen molar-refractivity contribution in [1.29, 1.82) is 0 Å². The molecule has 0 aliphatic carbocycles. The first-order valence-corrected chi connectivity index (χ1v) is 7.43. The quantitative estimate of drug-likeness (QED) is 0.572. The second kappa shape index (κ2) is 9.78. The molecule has 0 bridgehead atoms. The Bertz CT molecular complexity index is 506. The van der Waals surface area contributed by atoms with Gasteiger partial charge in [0.25, 0.3) is 0 Å². The first-order chi connectivity index (χ1) is 10.9. The zero-order valence-electron chi connectivity index (χ0n) is 12.8. The number of hydrogen-bond donors (Lipinski definition) is 3. The van der Waals surface area contributed by atoms with Gasteiger partial charge in [0.15, 0.2) is 0 Å². The predicted molar refractivity (Wildman–Crippen MR) is 82.2 cm³/mol. The number of carboxylic acids is 2. The van der Waals surface area contributed by atoms with Crippen LogP contribution in [-0.4, -0.2) is 41.5 Å². The molecule has 0 aliphatic rings. The van der Waals surface area contributed by atoms with Crippen LogP contribution in [0, 0.1) is 5.92 Å². The topological polar surface area (TPSA) is 110 Å². The molecule has 0 unspecified atom stereocenters. The number of benzene rings is 1. The standard InChI is InChI=1S/C16H22FNO5/c17-8-9-23-13-6-4-11(5-7-13)2-1-3-12(15(19)20)10-14(18)16(21)22/h4-7,12,14H,1-3,8-10,18H2,(H,19,20)(H,21,22)/t12-,14-/m0/s1/i17-1. The molecule has 0 aromatic heterocycles. The molecular formula is C16H22FNO5. The van der Waals surface area contributed by atoms with Crippen molar-refractivity contribution in [1.82, 2.24) is 0 Å². The molecule has 0 amide bonds. The van der Waals surface area contributed by atoms with Crippen molar-refractivity contribution < 1.29 is 28.9 Å². The van der Waals surface area contributed by atoms with Crippen LogP contribution < -0.4 is 10.5 Å². The van der Waals surface area contributed by atoms with E-state index in [0.29, 0.717) is 25.0 Å². The number of rotatable bonds is 11. The number of halogens is 1. The van der Waals surface area contributed by atoms with Gasteiger partial charge in [-0.3, -0.25) is 9.59 Å². The van der Waals surface area contributed by atoms with Crippen LogP contribution in [0.3, 0.4) is 0 Å². The summed E-state index contributed by atoms with van der Waals surface area (Å²) in [6.45, 7) is -0.528. The van der Waals surface area contributed by atoms with Crippen molar-refractivity contribution in [2.24, 2.45) is 11.7 Å². The fourth-order valence-corrected chi connectivity index (χ4v) is 2.21. The predicted octanol–water partition coefficient (Wildman–Crippen LogP) is 1.86. The molecule has 1 aromatic rings. The molecule has 23 heavy (non-hydrogen) atoms. The second-order valence-corrected chi connectivity index (χ2v) is 5.29. The number of alkyl halides is 1. The third kappa shape index (κ3) is 7.10. The number of hydrogen-bond acceptors (Lipinski definition) is 4. The summed E-state index contributed by atoms with van der Waals surface area (Å²) in [4.78, 5) is 21.9. The molecule has 2 atom stereocenters. The molecule has 0 heterocycles. The van der Waals surface area contributed by atoms with Crippen LogP contribution in [0.5, 0.6) is 5.75 Å². The zero-order valence-corrected chi connectivity index (χ0v) is 12.8. The highest BCUT2D eigenvalue weighted by Crippen LogP contribution is 2.18. The maximum absolute atomic E-state index is 12.0. The maximum atomic E-state index is 12.0. The minimum Gasteiger partial charge on any atom is -0.491 e. The van der Waals surface area contributed by atoms with Gasteiger partial charge in [-0.25, -0.2) is 4.39 Å². The van der Waals surface area contributed by atoms with E-state index in [2.05, 4.69) is 0 Å². The summed E-state index contributed by atoms with van der Waals surface area (Å²) in [5.74, 6) is -2.41. The summed E-state index contributed by atoms with van der Waals surface area (Å²) in [5, 5.41) is 17.9. The van der Waals surface area contributed by atoms with Crippen molar-refractivity contribution in [2.75, 3.05) is 13.3 Å². The molecule has 0 saturated carbocycles. The van der Waals surface area contributed by atoms with Gasteiger partial charge in [-0.2, -0.15) is 0 Å². The third-order valence-corrected chi connectivity index (χ3v) is 3.49. The molecule has 0 spiro atoms. The Labute approximate surface area is 134 Å². The van der Waals surface area contributed by atoms with Crippen LogP contribution in [0.2, 0.25) is 0 Å². The molecule has 7 heteroatoms. The Kier molecular flexibility index (Phi) is 8.04. The smallest absolute Gasteiger partial charge is 0.320 e. The Morgan fingerprint density at radius 3 is 2.35 bits per heavy atom. The van der Waals surface area contributed by atoms with Gasteiger partial charge in [-0.1, -0.05) is 12.1 Å². The average molecular weight is 326 g/mol. The summed E-state index contributed by atoms with van der Waals surface area (Å²) >= 11 is 0. The summed E-state index contributed by atoms with van der Waals surface area (Å²) in [6.07, 6.45) is 1.54. The molecule has 128 valence electrons. The van der Waals surface area contributed by atoms with E-state index in [0.717, 1.165) is 5.56 Å². The largest absolute Gasteiger partial charge is 0.491 e. The van der Waals surface area contributed by atoms with Gasteiger partial charge in [0.05, 0.1) is 5.92 Å². The maximum Gasteiger partial charge on any atom is 0.320 e. The van der Waals surface area contributed by atoms with E-state index in [1.54, 1.807) is 12.1 Å². The highest BCUT2D eigenvalue weighted by molar-refractivity contribution is 5.75. The average Bonchev–Trinajstić information content (AvgIpc) is 2.52. The van der Waals surface area contributed by atoms with E-state index in [9.17, 15) is 14.0 Å². The molecule has 0 fully saturated rings. The van der Waals surface area contributed by atoms with Gasteiger partial charge in [0.2, 0.25) is 0 Å². The van der Waals surface area contributed by atoms with Gasteiger partial charge in [-0.05, 0) is 43.4 Å². The van der Waals surface area contributed by atoms with Crippen LogP contribution in [0.15, 0.2) is 24.3 Å². The van der Waals surface area contributed by atoms with Crippen LogP contribution in [0.4, 0.5) is 4.39 Å². The lowest BCUT2D eigenvalue weighted by atomic mass is 9.93. The van der Waals surface area contributed by atoms with Gasteiger partial charge < -0.3 is 20.7 Å². The Morgan fingerprint density at radius 1 is 1.17 bits per heavy atom. The Hall–Kier alpha value is -2.15. The fraction of sp³-hybridized carbons (Fsp3) is 0.500. The lowest BCUT2D eigenvalue weighted by Crippen LogP contribution is -2.34. The number of carbonyl (C=O) groups is 2. The van der Waals surface area contributed by atoms with Crippen LogP contribution in [-0.2, 0) is 16.0 Å². The van der Waals surface area contributed by atoms with Crippen molar-refractivity contribution >= 4 is 11.9 Å². The number of carboxylic acid groups (broad SMARTS) is 2. The SMILES string of the molecule is N[C@@H](C[C@H](CCCc1ccc(OCC[18F])cc1)C(=O)O)C(=O)O. The van der Waals surface area contributed by atoms with Crippen molar-refractivity contribution in [3.8, 4) is 5.75 Å². The summed E-state index contributed by atoms with van der Waals surface area (Å²) < 4.78 is 17.1. The molecule has 0 radical (unpaired) electrons. The first kappa shape index (κ1) is 18.9. The minimum atomic E-state index is -1.19. The number of ether oxygens (including phenoxy) is 1. The molecule has 6 nitrogen and oxygen atoms in total. The molecule has 0 aliphatic heterocycles. The number of nitrogens with two attached hydrogens (primary N) is 1.